The Balaban J connectivity index is 2.35. The van der Waals surface area contributed by atoms with Crippen molar-refractivity contribution >= 4 is 23.1 Å². The fourth-order valence-electron chi connectivity index (χ4n) is 1.84. The molecular weight excluding hydrogens is 280 g/mol. The van der Waals surface area contributed by atoms with Gasteiger partial charge in [0.2, 0.25) is 0 Å². The predicted molar refractivity (Wildman–Crippen MR) is 75.1 cm³/mol. The summed E-state index contributed by atoms with van der Waals surface area (Å²) in [6, 6.07) is 7.63. The minimum absolute atomic E-state index is 0.0230. The number of carbonyl (C=O) groups excluding carboxylic acids is 1. The molecule has 2 aromatic rings. The van der Waals surface area contributed by atoms with Crippen molar-refractivity contribution in [3.63, 3.8) is 0 Å². The Morgan fingerprint density at radius 3 is 2.80 bits per heavy atom. The molecule has 0 amide bonds. The molecule has 0 atom stereocenters. The fourth-order valence-corrected chi connectivity index (χ4v) is 2.01. The maximum Gasteiger partial charge on any atom is 0.281 e. The Morgan fingerprint density at radius 1 is 1.40 bits per heavy atom. The molecule has 6 heteroatoms. The van der Waals surface area contributed by atoms with Gasteiger partial charge in [-0.2, -0.15) is 0 Å². The van der Waals surface area contributed by atoms with Gasteiger partial charge in [0.05, 0.1) is 22.6 Å². The number of rotatable bonds is 4. The first-order valence-electron chi connectivity index (χ1n) is 5.86. The zero-order chi connectivity index (χ0) is 14.7. The third-order valence-corrected chi connectivity index (χ3v) is 3.14. The molecule has 0 radical (unpaired) electrons. The van der Waals surface area contributed by atoms with Crippen molar-refractivity contribution in [2.45, 2.75) is 13.3 Å². The van der Waals surface area contributed by atoms with E-state index in [1.54, 1.807) is 12.3 Å². The number of nitro benzene ring substituents is 1. The second-order valence-corrected chi connectivity index (χ2v) is 4.72. The summed E-state index contributed by atoms with van der Waals surface area (Å²) in [4.78, 5) is 26.7. The Morgan fingerprint density at radius 2 is 2.15 bits per heavy atom. The van der Waals surface area contributed by atoms with Crippen LogP contribution in [0.15, 0.2) is 36.5 Å². The van der Waals surface area contributed by atoms with E-state index in [0.29, 0.717) is 5.69 Å². The van der Waals surface area contributed by atoms with Gasteiger partial charge in [-0.3, -0.25) is 19.9 Å². The summed E-state index contributed by atoms with van der Waals surface area (Å²) in [6.45, 7) is 1.84. The molecule has 0 aliphatic rings. The molecule has 20 heavy (non-hydrogen) atoms. The highest BCUT2D eigenvalue weighted by Gasteiger charge is 2.21. The second kappa shape index (κ2) is 5.79. The Hall–Kier alpha value is -2.27. The molecule has 0 saturated heterocycles. The number of aromatic nitrogens is 1. The number of ketones is 1. The van der Waals surface area contributed by atoms with E-state index in [-0.39, 0.29) is 28.5 Å². The molecule has 1 aromatic carbocycles. The van der Waals surface area contributed by atoms with Crippen molar-refractivity contribution in [3.05, 3.63) is 68.5 Å². The van der Waals surface area contributed by atoms with Gasteiger partial charge in [-0.1, -0.05) is 17.7 Å². The molecule has 1 aromatic heterocycles. The minimum Gasteiger partial charge on any atom is -0.293 e. The molecule has 0 aliphatic heterocycles. The maximum atomic E-state index is 12.2. The van der Waals surface area contributed by atoms with Gasteiger partial charge in [0, 0.05) is 17.3 Å². The number of hydrogen-bond donors (Lipinski definition) is 0. The Labute approximate surface area is 120 Å². The van der Waals surface area contributed by atoms with Gasteiger partial charge in [-0.25, -0.2) is 0 Å². The van der Waals surface area contributed by atoms with E-state index in [2.05, 4.69) is 4.98 Å². The van der Waals surface area contributed by atoms with E-state index >= 15 is 0 Å². The van der Waals surface area contributed by atoms with Gasteiger partial charge in [-0.05, 0) is 30.7 Å². The highest BCUT2D eigenvalue weighted by Crippen LogP contribution is 2.24. The molecule has 0 saturated carbocycles. The van der Waals surface area contributed by atoms with Crippen LogP contribution >= 0.6 is 11.6 Å². The zero-order valence-corrected chi connectivity index (χ0v) is 11.4. The van der Waals surface area contributed by atoms with Gasteiger partial charge >= 0.3 is 0 Å². The summed E-state index contributed by atoms with van der Waals surface area (Å²) in [7, 11) is 0. The molecular formula is C14H11ClN2O3. The van der Waals surface area contributed by atoms with E-state index in [0.717, 1.165) is 5.56 Å². The first-order chi connectivity index (χ1) is 9.49. The molecule has 102 valence electrons. The number of carbonyl (C=O) groups is 1. The highest BCUT2D eigenvalue weighted by molar-refractivity contribution is 6.31. The van der Waals surface area contributed by atoms with Crippen LogP contribution < -0.4 is 0 Å². The van der Waals surface area contributed by atoms with Gasteiger partial charge in [0.15, 0.2) is 5.78 Å². The maximum absolute atomic E-state index is 12.2. The van der Waals surface area contributed by atoms with Crippen LogP contribution in [0.3, 0.4) is 0 Å². The molecule has 2 rings (SSSR count). The lowest BCUT2D eigenvalue weighted by Gasteiger charge is -2.05. The second-order valence-electron chi connectivity index (χ2n) is 4.29. The van der Waals surface area contributed by atoms with Crippen molar-refractivity contribution in [2.75, 3.05) is 0 Å². The van der Waals surface area contributed by atoms with Crippen LogP contribution in [0.4, 0.5) is 5.69 Å². The molecule has 0 aliphatic carbocycles. The zero-order valence-electron chi connectivity index (χ0n) is 10.7. The van der Waals surface area contributed by atoms with Crippen molar-refractivity contribution in [2.24, 2.45) is 0 Å². The standard InChI is InChI=1S/C14H11ClN2O3/c1-9-3-2-6-16-12(9)8-14(18)11-5-4-10(15)7-13(11)17(19)20/h2-7H,8H2,1H3. The van der Waals surface area contributed by atoms with Crippen LogP contribution in [0.5, 0.6) is 0 Å². The van der Waals surface area contributed by atoms with E-state index in [1.165, 1.54) is 18.2 Å². The summed E-state index contributed by atoms with van der Waals surface area (Å²) in [5, 5.41) is 11.2. The largest absolute Gasteiger partial charge is 0.293 e. The average molecular weight is 291 g/mol. The number of hydrogen-bond acceptors (Lipinski definition) is 4. The van der Waals surface area contributed by atoms with Crippen molar-refractivity contribution in [3.8, 4) is 0 Å². The lowest BCUT2D eigenvalue weighted by atomic mass is 10.0. The van der Waals surface area contributed by atoms with Crippen molar-refractivity contribution in [1.29, 1.82) is 0 Å². The number of aryl methyl sites for hydroxylation is 1. The molecule has 0 N–H and O–H groups in total. The molecule has 0 fully saturated rings. The van der Waals surface area contributed by atoms with Crippen molar-refractivity contribution in [1.82, 2.24) is 4.98 Å². The van der Waals surface area contributed by atoms with Crippen molar-refractivity contribution < 1.29 is 9.72 Å². The summed E-state index contributed by atoms with van der Waals surface area (Å²) in [6.07, 6.45) is 1.61. The normalized spacial score (nSPS) is 10.3. The number of pyridine rings is 1. The van der Waals surface area contributed by atoms with Crippen LogP contribution in [0.1, 0.15) is 21.6 Å². The first kappa shape index (κ1) is 14.1. The molecule has 0 unspecified atom stereocenters. The van der Waals surface area contributed by atoms with Crippen LogP contribution in [0.25, 0.3) is 0 Å². The summed E-state index contributed by atoms with van der Waals surface area (Å²) < 4.78 is 0. The van der Waals surface area contributed by atoms with Crippen LogP contribution in [0, 0.1) is 17.0 Å². The summed E-state index contributed by atoms with van der Waals surface area (Å²) in [5.74, 6) is -0.352. The number of halogens is 1. The van der Waals surface area contributed by atoms with E-state index in [9.17, 15) is 14.9 Å². The van der Waals surface area contributed by atoms with Crippen LogP contribution in [0.2, 0.25) is 5.02 Å². The highest BCUT2D eigenvalue weighted by atomic mass is 35.5. The van der Waals surface area contributed by atoms with Crippen LogP contribution in [-0.2, 0) is 6.42 Å². The Bertz CT molecular complexity index is 686. The number of nitrogens with zero attached hydrogens (tertiary/aromatic N) is 2. The van der Waals surface area contributed by atoms with E-state index < -0.39 is 4.92 Å². The van der Waals surface area contributed by atoms with Crippen LogP contribution in [-0.4, -0.2) is 15.7 Å². The lowest BCUT2D eigenvalue weighted by Crippen LogP contribution is -2.09. The minimum atomic E-state index is -0.607. The predicted octanol–water partition coefficient (Wildman–Crippen LogP) is 3.38. The number of nitro groups is 1. The van der Waals surface area contributed by atoms with Gasteiger partial charge in [-0.15, -0.1) is 0 Å². The van der Waals surface area contributed by atoms with Gasteiger partial charge in [0.1, 0.15) is 0 Å². The van der Waals surface area contributed by atoms with Gasteiger partial charge in [0.25, 0.3) is 5.69 Å². The summed E-state index contributed by atoms with van der Waals surface area (Å²) in [5.41, 5.74) is 1.25. The first-order valence-corrected chi connectivity index (χ1v) is 6.24. The molecule has 5 nitrogen and oxygen atoms in total. The lowest BCUT2D eigenvalue weighted by molar-refractivity contribution is -0.385. The smallest absolute Gasteiger partial charge is 0.281 e. The quantitative estimate of drug-likeness (QED) is 0.491. The fraction of sp³-hybridized carbons (Fsp3) is 0.143. The summed E-state index contributed by atoms with van der Waals surface area (Å²) >= 11 is 5.72. The molecule has 0 bridgehead atoms. The molecule has 1 heterocycles. The average Bonchev–Trinajstić information content (AvgIpc) is 2.41. The number of benzene rings is 1. The van der Waals surface area contributed by atoms with E-state index in [4.69, 9.17) is 11.6 Å². The van der Waals surface area contributed by atoms with E-state index in [1.807, 2.05) is 13.0 Å². The third kappa shape index (κ3) is 3.00. The monoisotopic (exact) mass is 290 g/mol. The topological polar surface area (TPSA) is 73.1 Å². The SMILES string of the molecule is Cc1cccnc1CC(=O)c1ccc(Cl)cc1[N+](=O)[O-]. The Kier molecular flexibility index (Phi) is 4.10. The molecule has 0 spiro atoms. The van der Waals surface area contributed by atoms with Gasteiger partial charge < -0.3 is 0 Å². The third-order valence-electron chi connectivity index (χ3n) is 2.90. The number of Topliss-reactive ketones (excluding diaryl/α,β-unsaturated/α-hetero) is 1.